The summed E-state index contributed by atoms with van der Waals surface area (Å²) in [6, 6.07) is 18.7. The van der Waals surface area contributed by atoms with Gasteiger partial charge in [0.2, 0.25) is 0 Å². The number of benzene rings is 3. The van der Waals surface area contributed by atoms with Gasteiger partial charge in [0.1, 0.15) is 11.5 Å². The maximum absolute atomic E-state index is 12.9. The van der Waals surface area contributed by atoms with Crippen LogP contribution in [0.5, 0.6) is 11.5 Å². The lowest BCUT2D eigenvalue weighted by molar-refractivity contribution is 0.0728. The molecule has 1 heterocycles. The number of anilines is 1. The molecule has 34 heavy (non-hydrogen) atoms. The summed E-state index contributed by atoms with van der Waals surface area (Å²) in [6.07, 6.45) is 0. The van der Waals surface area contributed by atoms with Crippen molar-refractivity contribution in [3.63, 3.8) is 0 Å². The monoisotopic (exact) mass is 479 g/mol. The minimum absolute atomic E-state index is 0.000906. The van der Waals surface area contributed by atoms with Gasteiger partial charge in [-0.05, 0) is 54.6 Å². The summed E-state index contributed by atoms with van der Waals surface area (Å²) in [5.74, 6) is 0.0102. The van der Waals surface area contributed by atoms with Crippen molar-refractivity contribution in [1.82, 2.24) is 9.78 Å². The number of carbonyl (C=O) groups is 1. The van der Waals surface area contributed by atoms with Gasteiger partial charge in [-0.2, -0.15) is 5.10 Å². The molecule has 9 nitrogen and oxygen atoms in total. The van der Waals surface area contributed by atoms with E-state index < -0.39 is 16.0 Å². The van der Waals surface area contributed by atoms with Crippen molar-refractivity contribution in [3.8, 4) is 11.5 Å². The van der Waals surface area contributed by atoms with E-state index in [9.17, 15) is 18.0 Å². The van der Waals surface area contributed by atoms with Gasteiger partial charge in [0, 0.05) is 19.5 Å². The number of methoxy groups -OCH3 is 1. The first-order valence-corrected chi connectivity index (χ1v) is 11.6. The normalized spacial score (nSPS) is 11.3. The Hall–Kier alpha value is -4.18. The Balaban J connectivity index is 1.56. The van der Waals surface area contributed by atoms with E-state index in [4.69, 9.17) is 9.47 Å². The van der Waals surface area contributed by atoms with E-state index in [-0.39, 0.29) is 21.9 Å². The number of carbonyl (C=O) groups excluding carboxylic acids is 1. The van der Waals surface area contributed by atoms with E-state index in [1.807, 2.05) is 0 Å². The molecule has 0 bridgehead atoms. The van der Waals surface area contributed by atoms with E-state index in [2.05, 4.69) is 5.10 Å². The second kappa shape index (κ2) is 8.99. The average molecular weight is 480 g/mol. The summed E-state index contributed by atoms with van der Waals surface area (Å²) in [5.41, 5.74) is 0.0555. The Morgan fingerprint density at radius 1 is 0.912 bits per heavy atom. The summed E-state index contributed by atoms with van der Waals surface area (Å²) in [7, 11) is 0.589. The number of rotatable bonds is 6. The standard InChI is InChI=1S/C24H21N3O6S/c1-26-23(28)21-7-5-4-6-20(21)22(25-26)24(29)33-18-10-8-16(9-11-18)27(2)34(30,31)19-14-12-17(32-3)13-15-19/h4-15H,1-3H3. The van der Waals surface area contributed by atoms with E-state index >= 15 is 0 Å². The van der Waals surface area contributed by atoms with Crippen molar-refractivity contribution in [2.45, 2.75) is 4.90 Å². The van der Waals surface area contributed by atoms with Crippen molar-refractivity contribution in [2.24, 2.45) is 7.05 Å². The van der Waals surface area contributed by atoms with E-state index in [1.165, 1.54) is 57.6 Å². The molecule has 0 spiro atoms. The van der Waals surface area contributed by atoms with Gasteiger partial charge in [0.05, 0.1) is 23.1 Å². The Morgan fingerprint density at radius 2 is 1.50 bits per heavy atom. The number of fused-ring (bicyclic) bond motifs is 1. The van der Waals surface area contributed by atoms with Gasteiger partial charge in [-0.15, -0.1) is 0 Å². The van der Waals surface area contributed by atoms with E-state index in [0.717, 1.165) is 8.99 Å². The molecule has 0 saturated heterocycles. The van der Waals surface area contributed by atoms with Gasteiger partial charge in [-0.1, -0.05) is 18.2 Å². The molecule has 4 aromatic rings. The van der Waals surface area contributed by atoms with Crippen molar-refractivity contribution < 1.29 is 22.7 Å². The van der Waals surface area contributed by atoms with Crippen LogP contribution < -0.4 is 19.3 Å². The van der Waals surface area contributed by atoms with Crippen molar-refractivity contribution in [3.05, 3.63) is 88.8 Å². The third-order valence-electron chi connectivity index (χ3n) is 5.28. The van der Waals surface area contributed by atoms with Crippen molar-refractivity contribution in [1.29, 1.82) is 0 Å². The Kier molecular flexibility index (Phi) is 6.08. The van der Waals surface area contributed by atoms with Crippen LogP contribution >= 0.6 is 0 Å². The number of esters is 1. The number of hydrogen-bond donors (Lipinski definition) is 0. The highest BCUT2D eigenvalue weighted by Gasteiger charge is 2.22. The van der Waals surface area contributed by atoms with Gasteiger partial charge >= 0.3 is 5.97 Å². The molecule has 0 atom stereocenters. The molecule has 0 amide bonds. The van der Waals surface area contributed by atoms with Crippen LogP contribution in [0.3, 0.4) is 0 Å². The van der Waals surface area contributed by atoms with Crippen LogP contribution in [0.2, 0.25) is 0 Å². The first-order valence-electron chi connectivity index (χ1n) is 10.1. The molecule has 0 aliphatic carbocycles. The zero-order chi connectivity index (χ0) is 24.5. The van der Waals surface area contributed by atoms with Gasteiger partial charge in [-0.25, -0.2) is 17.9 Å². The highest BCUT2D eigenvalue weighted by atomic mass is 32.2. The molecule has 0 unspecified atom stereocenters. The molecule has 3 aromatic carbocycles. The predicted octanol–water partition coefficient (Wildman–Crippen LogP) is 2.99. The van der Waals surface area contributed by atoms with Crippen LogP contribution in [0.15, 0.2) is 82.5 Å². The fraction of sp³-hybridized carbons (Fsp3) is 0.125. The SMILES string of the molecule is COc1ccc(S(=O)(=O)N(C)c2ccc(OC(=O)c3nn(C)c(=O)c4ccccc34)cc2)cc1. The number of aryl methyl sites for hydroxylation is 1. The first-order chi connectivity index (χ1) is 16.2. The second-order valence-corrected chi connectivity index (χ2v) is 9.32. The quantitative estimate of drug-likeness (QED) is 0.309. The molecular formula is C24H21N3O6S. The summed E-state index contributed by atoms with van der Waals surface area (Å²) < 4.78 is 38.6. The van der Waals surface area contributed by atoms with Crippen molar-refractivity contribution in [2.75, 3.05) is 18.5 Å². The third kappa shape index (κ3) is 4.23. The van der Waals surface area contributed by atoms with Crippen LogP contribution in [0, 0.1) is 0 Å². The predicted molar refractivity (Wildman–Crippen MR) is 127 cm³/mol. The fourth-order valence-electron chi connectivity index (χ4n) is 3.37. The largest absolute Gasteiger partial charge is 0.497 e. The lowest BCUT2D eigenvalue weighted by Gasteiger charge is -2.20. The molecule has 1 aromatic heterocycles. The second-order valence-electron chi connectivity index (χ2n) is 7.35. The zero-order valence-corrected chi connectivity index (χ0v) is 19.4. The molecule has 0 aliphatic heterocycles. The van der Waals surface area contributed by atoms with Crippen LogP contribution in [0.4, 0.5) is 5.69 Å². The lowest BCUT2D eigenvalue weighted by Crippen LogP contribution is -2.26. The first kappa shape index (κ1) is 23.0. The molecule has 0 saturated carbocycles. The van der Waals surface area contributed by atoms with Crippen LogP contribution in [0.1, 0.15) is 10.5 Å². The summed E-state index contributed by atoms with van der Waals surface area (Å²) in [6.45, 7) is 0. The number of hydrogen-bond acceptors (Lipinski definition) is 7. The molecule has 0 aliphatic rings. The molecule has 4 rings (SSSR count). The summed E-state index contributed by atoms with van der Waals surface area (Å²) >= 11 is 0. The Bertz CT molecular complexity index is 1530. The zero-order valence-electron chi connectivity index (χ0n) is 18.6. The van der Waals surface area contributed by atoms with Crippen LogP contribution in [-0.2, 0) is 17.1 Å². The topological polar surface area (TPSA) is 108 Å². The molecule has 174 valence electrons. The number of aromatic nitrogens is 2. The highest BCUT2D eigenvalue weighted by molar-refractivity contribution is 7.92. The number of ether oxygens (including phenoxy) is 2. The maximum atomic E-state index is 12.9. The maximum Gasteiger partial charge on any atom is 0.364 e. The molecule has 10 heteroatoms. The van der Waals surface area contributed by atoms with Gasteiger partial charge < -0.3 is 9.47 Å². The molecular weight excluding hydrogens is 458 g/mol. The van der Waals surface area contributed by atoms with Crippen LogP contribution in [0.25, 0.3) is 10.8 Å². The average Bonchev–Trinajstić information content (AvgIpc) is 2.86. The number of sulfonamides is 1. The highest BCUT2D eigenvalue weighted by Crippen LogP contribution is 2.26. The molecule has 0 radical (unpaired) electrons. The van der Waals surface area contributed by atoms with Gasteiger partial charge in [-0.3, -0.25) is 9.10 Å². The Morgan fingerprint density at radius 3 is 2.12 bits per heavy atom. The van der Waals surface area contributed by atoms with E-state index in [1.54, 1.807) is 36.4 Å². The molecule has 0 N–H and O–H groups in total. The molecule has 0 fully saturated rings. The third-order valence-corrected chi connectivity index (χ3v) is 7.08. The lowest BCUT2D eigenvalue weighted by atomic mass is 10.1. The fourth-order valence-corrected chi connectivity index (χ4v) is 4.57. The minimum Gasteiger partial charge on any atom is -0.497 e. The summed E-state index contributed by atoms with van der Waals surface area (Å²) in [4.78, 5) is 25.2. The summed E-state index contributed by atoms with van der Waals surface area (Å²) in [5, 5.41) is 4.80. The van der Waals surface area contributed by atoms with E-state index in [0.29, 0.717) is 22.2 Å². The smallest absolute Gasteiger partial charge is 0.364 e. The van der Waals surface area contributed by atoms with Crippen LogP contribution in [-0.4, -0.2) is 38.3 Å². The minimum atomic E-state index is -3.80. The Labute approximate surface area is 195 Å². The number of nitrogens with zero attached hydrogens (tertiary/aromatic N) is 3. The van der Waals surface area contributed by atoms with Gasteiger partial charge in [0.15, 0.2) is 5.69 Å². The van der Waals surface area contributed by atoms with Crippen molar-refractivity contribution >= 4 is 32.5 Å². The van der Waals surface area contributed by atoms with Gasteiger partial charge in [0.25, 0.3) is 15.6 Å².